The Kier molecular flexibility index (Phi) is 13.4. The van der Waals surface area contributed by atoms with Crippen LogP contribution in [0.15, 0.2) is 101 Å². The van der Waals surface area contributed by atoms with E-state index in [1.165, 1.54) is 33.7 Å². The van der Waals surface area contributed by atoms with E-state index < -0.39 is 0 Å². The van der Waals surface area contributed by atoms with Gasteiger partial charge in [0, 0.05) is 49.0 Å². The van der Waals surface area contributed by atoms with Crippen molar-refractivity contribution in [3.05, 3.63) is 120 Å². The van der Waals surface area contributed by atoms with Crippen molar-refractivity contribution >= 4 is 27.7 Å². The van der Waals surface area contributed by atoms with Gasteiger partial charge in [-0.15, -0.1) is 23.6 Å². The second kappa shape index (κ2) is 17.6. The molecule has 0 amide bonds. The Morgan fingerprint density at radius 1 is 0.855 bits per heavy atom. The Labute approximate surface area is 341 Å². The van der Waals surface area contributed by atoms with Crippen LogP contribution < -0.4 is 0 Å². The molecule has 289 valence electrons. The van der Waals surface area contributed by atoms with Crippen molar-refractivity contribution in [2.24, 2.45) is 16.7 Å². The Morgan fingerprint density at radius 2 is 1.53 bits per heavy atom. The Bertz CT molecular complexity index is 2290. The number of hydrogen-bond acceptors (Lipinski definition) is 5. The number of carbonyl (C=O) groups excluding carboxylic acids is 1. The molecule has 6 aromatic rings. The summed E-state index contributed by atoms with van der Waals surface area (Å²) in [6, 6.07) is 31.4. The van der Waals surface area contributed by atoms with E-state index in [4.69, 9.17) is 14.4 Å². The van der Waals surface area contributed by atoms with Crippen LogP contribution >= 0.6 is 0 Å². The Hall–Kier alpha value is -4.38. The molecule has 0 fully saturated rings. The number of carbonyl (C=O) groups is 1. The number of fused-ring (bicyclic) bond motifs is 6. The summed E-state index contributed by atoms with van der Waals surface area (Å²) in [5.74, 6) is 1.91. The fourth-order valence-corrected chi connectivity index (χ4v) is 7.53. The van der Waals surface area contributed by atoms with Gasteiger partial charge in [-0.05, 0) is 66.7 Å². The number of aryl methyl sites for hydroxylation is 1. The summed E-state index contributed by atoms with van der Waals surface area (Å²) in [6.07, 6.45) is 9.39. The van der Waals surface area contributed by atoms with Crippen LogP contribution in [0.2, 0.25) is 0 Å². The second-order valence-electron chi connectivity index (χ2n) is 15.8. The summed E-state index contributed by atoms with van der Waals surface area (Å²) >= 11 is 0. The van der Waals surface area contributed by atoms with Crippen molar-refractivity contribution in [1.82, 2.24) is 9.97 Å². The molecule has 0 saturated heterocycles. The van der Waals surface area contributed by atoms with Gasteiger partial charge in [-0.2, -0.15) is 0 Å². The quantitative estimate of drug-likeness (QED) is 0.0796. The van der Waals surface area contributed by atoms with Gasteiger partial charge in [0.1, 0.15) is 28.9 Å². The summed E-state index contributed by atoms with van der Waals surface area (Å²) in [5, 5.41) is 12.4. The maximum absolute atomic E-state index is 12.2. The summed E-state index contributed by atoms with van der Waals surface area (Å²) in [6.45, 7) is 16.6. The van der Waals surface area contributed by atoms with Crippen LogP contribution in [0.1, 0.15) is 98.0 Å². The van der Waals surface area contributed by atoms with Gasteiger partial charge in [0.05, 0.1) is 5.69 Å². The molecule has 1 radical (unpaired) electrons. The fraction of sp³-hybridized carbons (Fsp3) is 0.367. The van der Waals surface area contributed by atoms with Crippen molar-refractivity contribution in [3.8, 4) is 33.5 Å². The standard InChI is InChI=1S/C34H27N2O.C15H28O2.Ir/c1-21(2)17-23-12-8-14-28-27(23)15-16-30-31(28)33-34(37-30)32(35-20-36-33)25-18-24-11-6-7-13-26(24)29(19-25)22-9-4-3-5-10-22;1-7-14(5,8-2)12(16)11-13(17)15(6,9-3)10-4;/h3-14,19-21H,15-17H2,1-2H3;11,16H,7-10H2,1-6H3;/q-1;;/b;12-11-;. The van der Waals surface area contributed by atoms with Crippen LogP contribution in [0.4, 0.5) is 0 Å². The van der Waals surface area contributed by atoms with E-state index in [0.29, 0.717) is 5.92 Å². The van der Waals surface area contributed by atoms with Crippen molar-refractivity contribution in [1.29, 1.82) is 0 Å². The molecule has 1 aliphatic carbocycles. The zero-order valence-corrected chi connectivity index (χ0v) is 36.1. The first-order valence-electron chi connectivity index (χ1n) is 19.8. The van der Waals surface area contributed by atoms with E-state index in [1.807, 2.05) is 47.6 Å². The number of rotatable bonds is 11. The SMILES string of the molecule is CC(C)Cc1cccc2c1CCc1oc3c(-c4[c-]c5ccccc5c(-c5ccccc5)c4)ncnc3c1-2.CCC(C)(CC)C(=O)/C=C(\O)C(C)(CC)CC.[Ir]. The van der Waals surface area contributed by atoms with Crippen LogP contribution in [-0.4, -0.2) is 20.9 Å². The van der Waals surface area contributed by atoms with Crippen molar-refractivity contribution in [3.63, 3.8) is 0 Å². The van der Waals surface area contributed by atoms with Crippen LogP contribution in [0.25, 0.3) is 55.4 Å². The van der Waals surface area contributed by atoms with Crippen LogP contribution in [0, 0.1) is 22.8 Å². The van der Waals surface area contributed by atoms with Gasteiger partial charge < -0.3 is 9.52 Å². The predicted octanol–water partition coefficient (Wildman–Crippen LogP) is 13.1. The molecular weight excluding hydrogens is 857 g/mol. The Morgan fingerprint density at radius 3 is 2.20 bits per heavy atom. The summed E-state index contributed by atoms with van der Waals surface area (Å²) < 4.78 is 6.57. The largest absolute Gasteiger partial charge is 0.512 e. The normalized spacial score (nSPS) is 12.9. The van der Waals surface area contributed by atoms with E-state index in [2.05, 4.69) is 92.7 Å². The number of allylic oxidation sites excluding steroid dienone is 2. The monoisotopic (exact) mass is 912 g/mol. The number of benzene rings is 4. The van der Waals surface area contributed by atoms with Gasteiger partial charge >= 0.3 is 0 Å². The number of aliphatic hydroxyl groups excluding tert-OH is 1. The zero-order valence-electron chi connectivity index (χ0n) is 33.7. The molecule has 1 aliphatic rings. The molecule has 0 unspecified atom stereocenters. The first-order chi connectivity index (χ1) is 26.0. The molecule has 6 heteroatoms. The second-order valence-corrected chi connectivity index (χ2v) is 15.8. The molecule has 55 heavy (non-hydrogen) atoms. The molecule has 5 nitrogen and oxygen atoms in total. The molecule has 1 N–H and O–H groups in total. The molecule has 0 aliphatic heterocycles. The van der Waals surface area contributed by atoms with E-state index in [9.17, 15) is 9.90 Å². The molecule has 2 heterocycles. The minimum absolute atomic E-state index is 0. The first kappa shape index (κ1) is 41.8. The number of ketones is 1. The average Bonchev–Trinajstić information content (AvgIpc) is 3.60. The Balaban J connectivity index is 0.000000276. The van der Waals surface area contributed by atoms with E-state index in [0.717, 1.165) is 89.6 Å². The number of furan rings is 1. The average molecular weight is 912 g/mol. The third kappa shape index (κ3) is 8.42. The minimum Gasteiger partial charge on any atom is -0.512 e. The fourth-order valence-electron chi connectivity index (χ4n) is 7.53. The molecule has 0 spiro atoms. The molecular formula is C49H55IrN2O3-. The van der Waals surface area contributed by atoms with Gasteiger partial charge in [-0.3, -0.25) is 9.78 Å². The van der Waals surface area contributed by atoms with Crippen molar-refractivity contribution in [2.75, 3.05) is 0 Å². The smallest absolute Gasteiger partial charge is 0.164 e. The van der Waals surface area contributed by atoms with Gasteiger partial charge in [-0.1, -0.05) is 139 Å². The van der Waals surface area contributed by atoms with Crippen LogP contribution in [-0.2, 0) is 44.2 Å². The summed E-state index contributed by atoms with van der Waals surface area (Å²) in [4.78, 5) is 21.7. The third-order valence-electron chi connectivity index (χ3n) is 12.0. The molecule has 2 aromatic heterocycles. The van der Waals surface area contributed by atoms with Crippen molar-refractivity contribution < 1.29 is 34.4 Å². The topological polar surface area (TPSA) is 76.2 Å². The molecule has 0 saturated carbocycles. The van der Waals surface area contributed by atoms with Crippen LogP contribution in [0.5, 0.6) is 0 Å². The number of aromatic nitrogens is 2. The molecule has 7 rings (SSSR count). The van der Waals surface area contributed by atoms with Crippen molar-refractivity contribution in [2.45, 2.75) is 100 Å². The zero-order chi connectivity index (χ0) is 38.6. The summed E-state index contributed by atoms with van der Waals surface area (Å²) in [5.41, 5.74) is 10.4. The first-order valence-corrected chi connectivity index (χ1v) is 19.8. The van der Waals surface area contributed by atoms with Gasteiger partial charge in [0.2, 0.25) is 0 Å². The van der Waals surface area contributed by atoms with Gasteiger partial charge in [0.25, 0.3) is 0 Å². The predicted molar refractivity (Wildman–Crippen MR) is 224 cm³/mol. The number of nitrogens with zero attached hydrogens (tertiary/aromatic N) is 2. The maximum Gasteiger partial charge on any atom is 0.164 e. The van der Waals surface area contributed by atoms with E-state index in [1.54, 1.807) is 6.33 Å². The van der Waals surface area contributed by atoms with E-state index in [-0.39, 0.29) is 42.5 Å². The van der Waals surface area contributed by atoms with E-state index >= 15 is 0 Å². The third-order valence-corrected chi connectivity index (χ3v) is 12.0. The van der Waals surface area contributed by atoms with Gasteiger partial charge in [0.15, 0.2) is 5.78 Å². The summed E-state index contributed by atoms with van der Waals surface area (Å²) in [7, 11) is 0. The molecule has 0 bridgehead atoms. The maximum atomic E-state index is 12.2. The molecule has 0 atom stereocenters. The van der Waals surface area contributed by atoms with Crippen LogP contribution in [0.3, 0.4) is 0 Å². The number of aliphatic hydroxyl groups is 1. The molecule has 4 aromatic carbocycles. The number of hydrogen-bond donors (Lipinski definition) is 1. The van der Waals surface area contributed by atoms with Gasteiger partial charge in [-0.25, -0.2) is 4.98 Å². The minimum atomic E-state index is -0.337.